The molecule has 0 bridgehead atoms. The largest absolute Gasteiger partial charge is 0.368 e. The van der Waals surface area contributed by atoms with Crippen LogP contribution in [0.25, 0.3) is 6.08 Å². The van der Waals surface area contributed by atoms with Crippen LogP contribution in [0.4, 0.5) is 5.88 Å². The van der Waals surface area contributed by atoms with Crippen molar-refractivity contribution in [2.45, 2.75) is 86.0 Å². The molecule has 0 aliphatic heterocycles. The van der Waals surface area contributed by atoms with Crippen molar-refractivity contribution in [2.75, 3.05) is 5.73 Å². The molecule has 0 amide bonds. The molecule has 0 radical (unpaired) electrons. The van der Waals surface area contributed by atoms with Gasteiger partial charge >= 0.3 is 0 Å². The van der Waals surface area contributed by atoms with Crippen molar-refractivity contribution in [3.8, 4) is 0 Å². The maximum Gasteiger partial charge on any atom is 0.222 e. The molecule has 2 atom stereocenters. The Kier molecular flexibility index (Phi) is 12.7. The Labute approximate surface area is 203 Å². The number of ketones is 1. The van der Waals surface area contributed by atoms with Crippen molar-refractivity contribution in [1.29, 1.82) is 0 Å². The summed E-state index contributed by atoms with van der Waals surface area (Å²) in [7, 11) is 0. The fraction of sp³-hybridized carbons (Fsp3) is 0.538. The number of hydrogen-bond acceptors (Lipinski definition) is 4. The number of benzene rings is 1. The number of aryl methyl sites for hydroxylation is 1. The number of carbonyl (C=O) groups excluding carboxylic acids is 1. The first-order chi connectivity index (χ1) is 15.1. The van der Waals surface area contributed by atoms with E-state index < -0.39 is 0 Å². The molecule has 6 heteroatoms. The smallest absolute Gasteiger partial charge is 0.222 e. The standard InChI is InChI=1S/C14H16Cl2O.C12H22N2O/c1-4-5-11(10(3)17)7-12-8-14(16)13(15)6-9(12)2;1-4-9(3)6-7-10(5-2)11-8-12(13)15-14-11/h6-8H,4-5H2,1-3H3;8-10H,4-7,13H2,1-3H3/b11-7+;. The number of nitrogen functional groups attached to an aromatic ring is 1. The van der Waals surface area contributed by atoms with E-state index in [-0.39, 0.29) is 5.78 Å². The third kappa shape index (κ3) is 9.38. The molecular formula is C26H38Cl2N2O2. The summed E-state index contributed by atoms with van der Waals surface area (Å²) in [5, 5.41) is 5.05. The number of anilines is 1. The summed E-state index contributed by atoms with van der Waals surface area (Å²) in [5.74, 6) is 1.83. The summed E-state index contributed by atoms with van der Waals surface area (Å²) in [4.78, 5) is 11.5. The van der Waals surface area contributed by atoms with E-state index in [9.17, 15) is 4.79 Å². The predicted octanol–water partition coefficient (Wildman–Crippen LogP) is 8.65. The number of carbonyl (C=O) groups is 1. The number of nitrogens with zero attached hydrogens (tertiary/aromatic N) is 1. The SMILES string of the molecule is CCC(C)CCC(CC)c1cc(N)on1.CCC/C(=C\c1cc(Cl)c(Cl)cc1C)C(C)=O. The van der Waals surface area contributed by atoms with Crippen LogP contribution < -0.4 is 5.73 Å². The molecule has 1 aromatic heterocycles. The van der Waals surface area contributed by atoms with Gasteiger partial charge < -0.3 is 10.3 Å². The van der Waals surface area contributed by atoms with Crippen LogP contribution in [-0.2, 0) is 4.79 Å². The second-order valence-corrected chi connectivity index (χ2v) is 9.26. The van der Waals surface area contributed by atoms with Crippen molar-refractivity contribution >= 4 is 40.9 Å². The second kappa shape index (κ2) is 14.4. The summed E-state index contributed by atoms with van der Waals surface area (Å²) in [6.07, 6.45) is 8.42. The van der Waals surface area contributed by atoms with Gasteiger partial charge in [0.25, 0.3) is 0 Å². The Morgan fingerprint density at radius 1 is 1.12 bits per heavy atom. The number of Topliss-reactive ketones (excluding diaryl/α,β-unsaturated/α-hetero) is 1. The lowest BCUT2D eigenvalue weighted by Gasteiger charge is -2.14. The highest BCUT2D eigenvalue weighted by atomic mass is 35.5. The quantitative estimate of drug-likeness (QED) is 0.345. The first-order valence-electron chi connectivity index (χ1n) is 11.5. The van der Waals surface area contributed by atoms with Crippen LogP contribution in [0.3, 0.4) is 0 Å². The van der Waals surface area contributed by atoms with Crippen molar-refractivity contribution in [3.63, 3.8) is 0 Å². The minimum atomic E-state index is 0.109. The third-order valence-electron chi connectivity index (χ3n) is 5.77. The van der Waals surface area contributed by atoms with Gasteiger partial charge in [0.15, 0.2) is 5.78 Å². The zero-order valence-electron chi connectivity index (χ0n) is 20.3. The average Bonchev–Trinajstić information content (AvgIpc) is 3.18. The molecule has 1 heterocycles. The van der Waals surface area contributed by atoms with Gasteiger partial charge in [0.1, 0.15) is 0 Å². The monoisotopic (exact) mass is 480 g/mol. The van der Waals surface area contributed by atoms with Crippen LogP contribution >= 0.6 is 23.2 Å². The molecular weight excluding hydrogens is 443 g/mol. The van der Waals surface area contributed by atoms with Crippen LogP contribution in [0, 0.1) is 12.8 Å². The van der Waals surface area contributed by atoms with E-state index in [1.54, 1.807) is 13.0 Å². The zero-order valence-corrected chi connectivity index (χ0v) is 21.8. The average molecular weight is 482 g/mol. The Bertz CT molecular complexity index is 890. The third-order valence-corrected chi connectivity index (χ3v) is 6.49. The molecule has 2 aromatic rings. The number of allylic oxidation sites excluding steroid dienone is 1. The lowest BCUT2D eigenvalue weighted by molar-refractivity contribution is -0.113. The van der Waals surface area contributed by atoms with Gasteiger partial charge in [-0.05, 0) is 73.9 Å². The first-order valence-corrected chi connectivity index (χ1v) is 12.3. The number of nitrogens with two attached hydrogens (primary N) is 1. The van der Waals surface area contributed by atoms with Crippen molar-refractivity contribution < 1.29 is 9.32 Å². The molecule has 2 rings (SSSR count). The van der Waals surface area contributed by atoms with E-state index in [1.165, 1.54) is 19.3 Å². The van der Waals surface area contributed by atoms with Crippen molar-refractivity contribution in [3.05, 3.63) is 50.6 Å². The van der Waals surface area contributed by atoms with Gasteiger partial charge in [-0.1, -0.05) is 75.3 Å². The molecule has 32 heavy (non-hydrogen) atoms. The minimum absolute atomic E-state index is 0.109. The summed E-state index contributed by atoms with van der Waals surface area (Å²) in [6.45, 7) is 12.3. The number of hydrogen-bond donors (Lipinski definition) is 1. The molecule has 2 unspecified atom stereocenters. The highest BCUT2D eigenvalue weighted by molar-refractivity contribution is 6.42. The van der Waals surface area contributed by atoms with Gasteiger partial charge in [0.2, 0.25) is 5.88 Å². The van der Waals surface area contributed by atoms with Gasteiger partial charge in [-0.3, -0.25) is 4.79 Å². The van der Waals surface area contributed by atoms with Crippen LogP contribution in [0.15, 0.2) is 28.3 Å². The van der Waals surface area contributed by atoms with E-state index in [4.69, 9.17) is 33.5 Å². The van der Waals surface area contributed by atoms with Crippen LogP contribution in [-0.4, -0.2) is 10.9 Å². The predicted molar refractivity (Wildman–Crippen MR) is 137 cm³/mol. The Morgan fingerprint density at radius 2 is 1.78 bits per heavy atom. The van der Waals surface area contributed by atoms with E-state index in [1.807, 2.05) is 25.1 Å². The number of aromatic nitrogens is 1. The maximum atomic E-state index is 11.5. The van der Waals surface area contributed by atoms with Gasteiger partial charge in [-0.15, -0.1) is 0 Å². The molecule has 0 saturated carbocycles. The first kappa shape index (κ1) is 28.3. The molecule has 178 valence electrons. The summed E-state index contributed by atoms with van der Waals surface area (Å²) >= 11 is 11.9. The lowest BCUT2D eigenvalue weighted by Crippen LogP contribution is -2.01. The molecule has 0 aliphatic carbocycles. The van der Waals surface area contributed by atoms with Crippen LogP contribution in [0.2, 0.25) is 10.0 Å². The summed E-state index contributed by atoms with van der Waals surface area (Å²) in [5.41, 5.74) is 9.34. The van der Waals surface area contributed by atoms with Crippen LogP contribution in [0.5, 0.6) is 0 Å². The topological polar surface area (TPSA) is 69.1 Å². The van der Waals surface area contributed by atoms with Gasteiger partial charge in [0.05, 0.1) is 15.7 Å². The molecule has 0 aliphatic rings. The lowest BCUT2D eigenvalue weighted by atomic mass is 9.91. The van der Waals surface area contributed by atoms with Crippen molar-refractivity contribution in [1.82, 2.24) is 5.16 Å². The summed E-state index contributed by atoms with van der Waals surface area (Å²) < 4.78 is 4.91. The van der Waals surface area contributed by atoms with Gasteiger partial charge in [-0.25, -0.2) is 0 Å². The Hall–Kier alpha value is -1.78. The normalized spacial score (nSPS) is 13.3. The highest BCUT2D eigenvalue weighted by Crippen LogP contribution is 2.28. The van der Waals surface area contributed by atoms with Gasteiger partial charge in [0, 0.05) is 12.0 Å². The minimum Gasteiger partial charge on any atom is -0.368 e. The van der Waals surface area contributed by atoms with E-state index in [0.717, 1.165) is 47.6 Å². The Morgan fingerprint density at radius 3 is 2.28 bits per heavy atom. The van der Waals surface area contributed by atoms with Gasteiger partial charge in [-0.2, -0.15) is 0 Å². The van der Waals surface area contributed by atoms with Crippen molar-refractivity contribution in [2.24, 2.45) is 5.92 Å². The fourth-order valence-electron chi connectivity index (χ4n) is 3.37. The summed E-state index contributed by atoms with van der Waals surface area (Å²) in [6, 6.07) is 5.47. The van der Waals surface area contributed by atoms with Crippen LogP contribution in [0.1, 0.15) is 95.9 Å². The number of halogens is 2. The highest BCUT2D eigenvalue weighted by Gasteiger charge is 2.15. The molecule has 1 aromatic carbocycles. The molecule has 4 nitrogen and oxygen atoms in total. The number of rotatable bonds is 10. The van der Waals surface area contributed by atoms with E-state index in [2.05, 4.69) is 32.9 Å². The molecule has 0 saturated heterocycles. The van der Waals surface area contributed by atoms with E-state index >= 15 is 0 Å². The maximum absolute atomic E-state index is 11.5. The zero-order chi connectivity index (χ0) is 24.3. The second-order valence-electron chi connectivity index (χ2n) is 8.45. The fourth-order valence-corrected chi connectivity index (χ4v) is 3.76. The Balaban J connectivity index is 0.000000323. The van der Waals surface area contributed by atoms with E-state index in [0.29, 0.717) is 21.8 Å². The molecule has 0 spiro atoms. The molecule has 0 fully saturated rings. The molecule has 2 N–H and O–H groups in total.